The fourth-order valence-electron chi connectivity index (χ4n) is 2.68. The number of benzene rings is 3. The molecule has 0 amide bonds. The molecule has 0 saturated carbocycles. The first-order chi connectivity index (χ1) is 11.3. The summed E-state index contributed by atoms with van der Waals surface area (Å²) in [6.07, 6.45) is 0. The highest BCUT2D eigenvalue weighted by Gasteiger charge is 2.07. The van der Waals surface area contributed by atoms with Crippen LogP contribution in [0.1, 0.15) is 16.7 Å². The highest BCUT2D eigenvalue weighted by molar-refractivity contribution is 5.68. The third-order valence-electron chi connectivity index (χ3n) is 3.97. The molecule has 3 aromatic carbocycles. The zero-order valence-corrected chi connectivity index (χ0v) is 13.3. The lowest BCUT2D eigenvalue weighted by atomic mass is 9.98. The van der Waals surface area contributed by atoms with Crippen LogP contribution in [0.25, 0.3) is 11.1 Å². The van der Waals surface area contributed by atoms with Crippen molar-refractivity contribution in [3.8, 4) is 16.9 Å². The number of aryl methyl sites for hydroxylation is 1. The molecule has 0 saturated heterocycles. The van der Waals surface area contributed by atoms with Gasteiger partial charge in [0.2, 0.25) is 0 Å². The van der Waals surface area contributed by atoms with Crippen molar-refractivity contribution in [2.45, 2.75) is 20.1 Å². The topological polar surface area (TPSA) is 35.2 Å². The van der Waals surface area contributed by atoms with E-state index in [0.717, 1.165) is 16.9 Å². The maximum Gasteiger partial charge on any atom is 0.124 e. The van der Waals surface area contributed by atoms with Crippen molar-refractivity contribution in [2.75, 3.05) is 0 Å². The Hall–Kier alpha value is -2.58. The second kappa shape index (κ2) is 7.12. The zero-order valence-electron chi connectivity index (χ0n) is 13.3. The standard InChI is InChI=1S/C21H21NO/c1-16-7-5-6-10-20(16)18-11-12-21(19(13-18)14-22)23-15-17-8-3-2-4-9-17/h2-13H,14-15,22H2,1H3. The minimum absolute atomic E-state index is 0.462. The minimum atomic E-state index is 0.462. The van der Waals surface area contributed by atoms with Crippen LogP contribution in [0.3, 0.4) is 0 Å². The minimum Gasteiger partial charge on any atom is -0.489 e. The molecule has 116 valence electrons. The Morgan fingerprint density at radius 3 is 2.35 bits per heavy atom. The maximum atomic E-state index is 5.96. The molecule has 0 aliphatic heterocycles. The predicted octanol–water partition coefficient (Wildman–Crippen LogP) is 4.70. The molecule has 2 heteroatoms. The van der Waals surface area contributed by atoms with Gasteiger partial charge in [0.25, 0.3) is 0 Å². The normalized spacial score (nSPS) is 10.5. The van der Waals surface area contributed by atoms with E-state index in [1.54, 1.807) is 0 Å². The summed E-state index contributed by atoms with van der Waals surface area (Å²) in [5, 5.41) is 0. The van der Waals surface area contributed by atoms with E-state index in [4.69, 9.17) is 10.5 Å². The van der Waals surface area contributed by atoms with E-state index in [9.17, 15) is 0 Å². The Morgan fingerprint density at radius 1 is 0.870 bits per heavy atom. The van der Waals surface area contributed by atoms with Gasteiger partial charge in [-0.3, -0.25) is 0 Å². The zero-order chi connectivity index (χ0) is 16.1. The lowest BCUT2D eigenvalue weighted by molar-refractivity contribution is 0.303. The summed E-state index contributed by atoms with van der Waals surface area (Å²) in [5.41, 5.74) is 11.8. The molecule has 3 aromatic rings. The Balaban J connectivity index is 1.84. The largest absolute Gasteiger partial charge is 0.489 e. The van der Waals surface area contributed by atoms with Crippen molar-refractivity contribution in [1.29, 1.82) is 0 Å². The molecule has 3 rings (SSSR count). The smallest absolute Gasteiger partial charge is 0.124 e. The molecule has 0 radical (unpaired) electrons. The summed E-state index contributed by atoms with van der Waals surface area (Å²) in [7, 11) is 0. The summed E-state index contributed by atoms with van der Waals surface area (Å²) in [6, 6.07) is 24.8. The van der Waals surface area contributed by atoms with E-state index >= 15 is 0 Å². The molecule has 0 bridgehead atoms. The monoisotopic (exact) mass is 303 g/mol. The first-order valence-corrected chi connectivity index (χ1v) is 7.83. The Labute approximate surface area is 137 Å². The Morgan fingerprint density at radius 2 is 1.61 bits per heavy atom. The third kappa shape index (κ3) is 3.61. The van der Waals surface area contributed by atoms with Gasteiger partial charge in [-0.2, -0.15) is 0 Å². The first-order valence-electron chi connectivity index (χ1n) is 7.83. The van der Waals surface area contributed by atoms with E-state index in [0.29, 0.717) is 13.2 Å². The van der Waals surface area contributed by atoms with Crippen LogP contribution in [0.5, 0.6) is 5.75 Å². The van der Waals surface area contributed by atoms with E-state index in [1.807, 2.05) is 24.3 Å². The number of hydrogen-bond acceptors (Lipinski definition) is 2. The quantitative estimate of drug-likeness (QED) is 0.741. The van der Waals surface area contributed by atoms with Gasteiger partial charge in [0.15, 0.2) is 0 Å². The highest BCUT2D eigenvalue weighted by atomic mass is 16.5. The summed E-state index contributed by atoms with van der Waals surface area (Å²) in [4.78, 5) is 0. The predicted molar refractivity (Wildman–Crippen MR) is 95.3 cm³/mol. The number of ether oxygens (including phenoxy) is 1. The third-order valence-corrected chi connectivity index (χ3v) is 3.97. The van der Waals surface area contributed by atoms with Gasteiger partial charge >= 0.3 is 0 Å². The van der Waals surface area contributed by atoms with Gasteiger partial charge in [0.05, 0.1) is 0 Å². The molecule has 2 nitrogen and oxygen atoms in total. The van der Waals surface area contributed by atoms with Crippen LogP contribution in [-0.4, -0.2) is 0 Å². The fraction of sp³-hybridized carbons (Fsp3) is 0.143. The average molecular weight is 303 g/mol. The SMILES string of the molecule is Cc1ccccc1-c1ccc(OCc2ccccc2)c(CN)c1. The van der Waals surface area contributed by atoms with E-state index in [1.165, 1.54) is 16.7 Å². The van der Waals surface area contributed by atoms with Crippen LogP contribution >= 0.6 is 0 Å². The average Bonchev–Trinajstić information content (AvgIpc) is 2.61. The van der Waals surface area contributed by atoms with Crippen LogP contribution in [0.4, 0.5) is 0 Å². The number of rotatable bonds is 5. The summed E-state index contributed by atoms with van der Waals surface area (Å²) < 4.78 is 5.96. The molecule has 0 unspecified atom stereocenters. The van der Waals surface area contributed by atoms with E-state index in [-0.39, 0.29) is 0 Å². The molecule has 0 spiro atoms. The molecule has 0 fully saturated rings. The van der Waals surface area contributed by atoms with Crippen molar-refractivity contribution in [3.63, 3.8) is 0 Å². The molecule has 0 heterocycles. The molecule has 23 heavy (non-hydrogen) atoms. The van der Waals surface area contributed by atoms with E-state index < -0.39 is 0 Å². The molecular weight excluding hydrogens is 282 g/mol. The van der Waals surface area contributed by atoms with Crippen LogP contribution in [-0.2, 0) is 13.2 Å². The van der Waals surface area contributed by atoms with Crippen molar-refractivity contribution in [3.05, 3.63) is 89.5 Å². The summed E-state index contributed by atoms with van der Waals surface area (Å²) in [6.45, 7) is 3.14. The Kier molecular flexibility index (Phi) is 4.74. The lowest BCUT2D eigenvalue weighted by Gasteiger charge is -2.13. The number of nitrogens with two attached hydrogens (primary N) is 1. The van der Waals surface area contributed by atoms with Gasteiger partial charge in [-0.1, -0.05) is 60.7 Å². The van der Waals surface area contributed by atoms with Crippen LogP contribution in [0, 0.1) is 6.92 Å². The Bertz CT molecular complexity index is 781. The van der Waals surface area contributed by atoms with Gasteiger partial charge in [-0.15, -0.1) is 0 Å². The summed E-state index contributed by atoms with van der Waals surface area (Å²) in [5.74, 6) is 0.855. The van der Waals surface area contributed by atoms with Gasteiger partial charge in [0, 0.05) is 12.1 Å². The van der Waals surface area contributed by atoms with Gasteiger partial charge < -0.3 is 10.5 Å². The molecule has 0 atom stereocenters. The maximum absolute atomic E-state index is 5.96. The van der Waals surface area contributed by atoms with Crippen molar-refractivity contribution in [2.24, 2.45) is 5.73 Å². The van der Waals surface area contributed by atoms with Crippen molar-refractivity contribution in [1.82, 2.24) is 0 Å². The van der Waals surface area contributed by atoms with Crippen molar-refractivity contribution < 1.29 is 4.74 Å². The van der Waals surface area contributed by atoms with Gasteiger partial charge in [-0.25, -0.2) is 0 Å². The van der Waals surface area contributed by atoms with Crippen LogP contribution in [0.2, 0.25) is 0 Å². The lowest BCUT2D eigenvalue weighted by Crippen LogP contribution is -2.03. The molecule has 0 aliphatic carbocycles. The molecule has 0 aromatic heterocycles. The molecule has 2 N–H and O–H groups in total. The second-order valence-electron chi connectivity index (χ2n) is 5.62. The van der Waals surface area contributed by atoms with Crippen LogP contribution < -0.4 is 10.5 Å². The first kappa shape index (κ1) is 15.3. The van der Waals surface area contributed by atoms with E-state index in [2.05, 4.69) is 55.5 Å². The van der Waals surface area contributed by atoms with Crippen molar-refractivity contribution >= 4 is 0 Å². The second-order valence-corrected chi connectivity index (χ2v) is 5.62. The van der Waals surface area contributed by atoms with Gasteiger partial charge in [0.1, 0.15) is 12.4 Å². The molecular formula is C21H21NO. The fourth-order valence-corrected chi connectivity index (χ4v) is 2.68. The summed E-state index contributed by atoms with van der Waals surface area (Å²) >= 11 is 0. The van der Waals surface area contributed by atoms with Crippen LogP contribution in [0.15, 0.2) is 72.8 Å². The highest BCUT2D eigenvalue weighted by Crippen LogP contribution is 2.29. The number of hydrogen-bond donors (Lipinski definition) is 1. The molecule has 0 aliphatic rings. The van der Waals surface area contributed by atoms with Gasteiger partial charge in [-0.05, 0) is 41.3 Å².